The number of amides is 1. The number of morpholine rings is 1. The number of carbonyl (C=O) groups is 2. The Bertz CT molecular complexity index is 980. The number of esters is 1. The van der Waals surface area contributed by atoms with Crippen LogP contribution >= 0.6 is 0 Å². The Morgan fingerprint density at radius 3 is 2.03 bits per heavy atom. The van der Waals surface area contributed by atoms with Crippen LogP contribution < -0.4 is 0 Å². The highest BCUT2D eigenvalue weighted by Gasteiger charge is 2.62. The van der Waals surface area contributed by atoms with Gasteiger partial charge in [-0.3, -0.25) is 4.90 Å². The van der Waals surface area contributed by atoms with Crippen LogP contribution in [0.3, 0.4) is 0 Å². The first kappa shape index (κ1) is 24.6. The average molecular weight is 450 g/mol. The zero-order valence-electron chi connectivity index (χ0n) is 20.2. The second-order valence-corrected chi connectivity index (χ2v) is 10.3. The first-order chi connectivity index (χ1) is 15.5. The summed E-state index contributed by atoms with van der Waals surface area (Å²) in [5, 5.41) is 10.7. The number of benzene rings is 2. The van der Waals surface area contributed by atoms with Crippen molar-refractivity contribution >= 4 is 12.1 Å². The van der Waals surface area contributed by atoms with Crippen LogP contribution in [-0.2, 0) is 9.53 Å². The Morgan fingerprint density at radius 2 is 1.61 bits per heavy atom. The Morgan fingerprint density at radius 1 is 1.09 bits per heavy atom. The average Bonchev–Trinajstić information content (AvgIpc) is 2.75. The molecule has 176 valence electrons. The van der Waals surface area contributed by atoms with Crippen molar-refractivity contribution in [1.82, 2.24) is 4.90 Å². The van der Waals surface area contributed by atoms with E-state index in [4.69, 9.17) is 4.74 Å². The van der Waals surface area contributed by atoms with Gasteiger partial charge in [0, 0.05) is 5.92 Å². The van der Waals surface area contributed by atoms with Crippen molar-refractivity contribution in [3.63, 3.8) is 0 Å². The van der Waals surface area contributed by atoms with Crippen molar-refractivity contribution in [2.45, 2.75) is 58.7 Å². The molecule has 3 rings (SSSR count). The molecule has 33 heavy (non-hydrogen) atoms. The summed E-state index contributed by atoms with van der Waals surface area (Å²) in [6.07, 6.45) is 0.155. The molecule has 5 nitrogen and oxygen atoms in total. The van der Waals surface area contributed by atoms with Gasteiger partial charge in [-0.15, -0.1) is 6.58 Å². The highest BCUT2D eigenvalue weighted by molar-refractivity contribution is 5.88. The third kappa shape index (κ3) is 4.54. The molecule has 1 fully saturated rings. The van der Waals surface area contributed by atoms with Gasteiger partial charge in [-0.1, -0.05) is 101 Å². The Labute approximate surface area is 197 Å². The molecular formula is C28H35NO4. The third-order valence-corrected chi connectivity index (χ3v) is 6.46. The SMILES string of the molecule is C=CC(C(C)(C)C)[C@]1(CC(C)C)C(=O)O[C@H](c2ccccc2)[C@H](c2ccccc2)N1C(=O)O. The van der Waals surface area contributed by atoms with Crippen LogP contribution in [0, 0.1) is 17.3 Å². The van der Waals surface area contributed by atoms with Crippen molar-refractivity contribution in [3.8, 4) is 0 Å². The van der Waals surface area contributed by atoms with E-state index >= 15 is 0 Å². The second-order valence-electron chi connectivity index (χ2n) is 10.3. The molecule has 4 atom stereocenters. The van der Waals surface area contributed by atoms with Crippen LogP contribution in [0.25, 0.3) is 0 Å². The molecule has 0 aromatic heterocycles. The van der Waals surface area contributed by atoms with Gasteiger partial charge in [-0.25, -0.2) is 9.59 Å². The maximum Gasteiger partial charge on any atom is 0.408 e. The minimum absolute atomic E-state index is 0.0499. The molecule has 0 bridgehead atoms. The molecule has 5 heteroatoms. The van der Waals surface area contributed by atoms with E-state index in [-0.39, 0.29) is 5.92 Å². The molecule has 0 spiro atoms. The second kappa shape index (κ2) is 9.42. The van der Waals surface area contributed by atoms with Crippen molar-refractivity contribution in [1.29, 1.82) is 0 Å². The van der Waals surface area contributed by atoms with E-state index < -0.39 is 41.1 Å². The molecule has 1 unspecified atom stereocenters. The Hall–Kier alpha value is -3.08. The zero-order chi connectivity index (χ0) is 24.4. The third-order valence-electron chi connectivity index (χ3n) is 6.46. The van der Waals surface area contributed by atoms with E-state index in [0.717, 1.165) is 11.1 Å². The van der Waals surface area contributed by atoms with Gasteiger partial charge >= 0.3 is 12.1 Å². The van der Waals surface area contributed by atoms with Crippen LogP contribution in [0.1, 0.15) is 64.3 Å². The highest BCUT2D eigenvalue weighted by atomic mass is 16.6. The zero-order valence-corrected chi connectivity index (χ0v) is 20.2. The number of ether oxygens (including phenoxy) is 1. The van der Waals surface area contributed by atoms with E-state index in [1.165, 1.54) is 4.90 Å². The molecule has 1 aliphatic heterocycles. The summed E-state index contributed by atoms with van der Waals surface area (Å²) in [5.41, 5.74) is -0.295. The van der Waals surface area contributed by atoms with Crippen molar-refractivity contribution in [3.05, 3.63) is 84.4 Å². The Balaban J connectivity index is 2.34. The predicted octanol–water partition coefficient (Wildman–Crippen LogP) is 6.64. The lowest BCUT2D eigenvalue weighted by Crippen LogP contribution is -2.68. The van der Waals surface area contributed by atoms with Gasteiger partial charge in [-0.2, -0.15) is 0 Å². The smallest absolute Gasteiger partial charge is 0.408 e. The fourth-order valence-corrected chi connectivity index (χ4v) is 5.39. The largest absolute Gasteiger partial charge is 0.465 e. The molecule has 1 heterocycles. The van der Waals surface area contributed by atoms with Crippen LogP contribution in [0.2, 0.25) is 0 Å². The fourth-order valence-electron chi connectivity index (χ4n) is 5.39. The van der Waals surface area contributed by atoms with Crippen molar-refractivity contribution in [2.75, 3.05) is 0 Å². The topological polar surface area (TPSA) is 66.8 Å². The molecule has 0 radical (unpaired) electrons. The maximum absolute atomic E-state index is 14.0. The minimum Gasteiger partial charge on any atom is -0.465 e. The molecule has 1 aliphatic rings. The monoisotopic (exact) mass is 449 g/mol. The van der Waals surface area contributed by atoms with Crippen LogP contribution in [-0.4, -0.2) is 27.6 Å². The van der Waals surface area contributed by atoms with E-state index in [1.807, 2.05) is 95.3 Å². The number of rotatable bonds is 6. The number of cyclic esters (lactones) is 1. The normalized spacial score (nSPS) is 24.3. The van der Waals surface area contributed by atoms with Gasteiger partial charge in [0.1, 0.15) is 6.04 Å². The van der Waals surface area contributed by atoms with E-state index in [2.05, 4.69) is 6.58 Å². The van der Waals surface area contributed by atoms with Gasteiger partial charge in [-0.05, 0) is 28.9 Å². The van der Waals surface area contributed by atoms with Gasteiger partial charge in [0.15, 0.2) is 11.6 Å². The predicted molar refractivity (Wildman–Crippen MR) is 130 cm³/mol. The standard InChI is InChI=1S/C28H35NO4/c1-7-22(27(4,5)6)28(18-19(2)3)25(30)33-24(21-16-12-9-13-17-21)23(29(28)26(31)32)20-14-10-8-11-15-20/h7-17,19,22-24H,1,18H2,2-6H3,(H,31,32)/t22?,23-,24+,28+/m0/s1. The van der Waals surface area contributed by atoms with E-state index in [0.29, 0.717) is 6.42 Å². The molecule has 0 saturated carbocycles. The van der Waals surface area contributed by atoms with Gasteiger partial charge in [0.25, 0.3) is 0 Å². The molecule has 1 saturated heterocycles. The molecule has 1 N–H and O–H groups in total. The number of carboxylic acid groups (broad SMARTS) is 1. The first-order valence-corrected chi connectivity index (χ1v) is 11.5. The van der Waals surface area contributed by atoms with E-state index in [9.17, 15) is 14.7 Å². The summed E-state index contributed by atoms with van der Waals surface area (Å²) >= 11 is 0. The Kier molecular flexibility index (Phi) is 7.01. The number of hydrogen-bond donors (Lipinski definition) is 1. The quantitative estimate of drug-likeness (QED) is 0.396. The molecule has 2 aromatic rings. The summed E-state index contributed by atoms with van der Waals surface area (Å²) in [6.45, 7) is 14.1. The minimum atomic E-state index is -1.41. The summed E-state index contributed by atoms with van der Waals surface area (Å²) in [7, 11) is 0. The summed E-state index contributed by atoms with van der Waals surface area (Å²) in [6, 6.07) is 18.1. The van der Waals surface area contributed by atoms with Crippen LogP contribution in [0.5, 0.6) is 0 Å². The van der Waals surface area contributed by atoms with E-state index in [1.54, 1.807) is 6.08 Å². The highest BCUT2D eigenvalue weighted by Crippen LogP contribution is 2.53. The van der Waals surface area contributed by atoms with Crippen molar-refractivity contribution in [2.24, 2.45) is 17.3 Å². The number of carbonyl (C=O) groups excluding carboxylic acids is 1. The van der Waals surface area contributed by atoms with Crippen LogP contribution in [0.4, 0.5) is 4.79 Å². The fraction of sp³-hybridized carbons (Fsp3) is 0.429. The van der Waals surface area contributed by atoms with Gasteiger partial charge < -0.3 is 9.84 Å². The maximum atomic E-state index is 14.0. The van der Waals surface area contributed by atoms with Crippen LogP contribution in [0.15, 0.2) is 73.3 Å². The number of nitrogens with zero attached hydrogens (tertiary/aromatic N) is 1. The summed E-state index contributed by atoms with van der Waals surface area (Å²) in [5.74, 6) is -0.924. The molecular weight excluding hydrogens is 414 g/mol. The molecule has 2 aromatic carbocycles. The molecule has 0 aliphatic carbocycles. The molecule has 1 amide bonds. The van der Waals surface area contributed by atoms with Crippen molar-refractivity contribution < 1.29 is 19.4 Å². The summed E-state index contributed by atoms with van der Waals surface area (Å²) in [4.78, 5) is 28.5. The van der Waals surface area contributed by atoms with Gasteiger partial charge in [0.05, 0.1) is 0 Å². The number of hydrogen-bond acceptors (Lipinski definition) is 3. The lowest BCUT2D eigenvalue weighted by atomic mass is 9.63. The lowest BCUT2D eigenvalue weighted by Gasteiger charge is -2.56. The first-order valence-electron chi connectivity index (χ1n) is 11.5. The lowest BCUT2D eigenvalue weighted by molar-refractivity contribution is -0.197. The van der Waals surface area contributed by atoms with Gasteiger partial charge in [0.2, 0.25) is 0 Å². The summed E-state index contributed by atoms with van der Waals surface area (Å²) < 4.78 is 6.22.